The predicted molar refractivity (Wildman–Crippen MR) is 127 cm³/mol. The van der Waals surface area contributed by atoms with Gasteiger partial charge in [-0.25, -0.2) is 14.4 Å². The number of esters is 3. The van der Waals surface area contributed by atoms with Crippen LogP contribution in [0.3, 0.4) is 0 Å². The van der Waals surface area contributed by atoms with Gasteiger partial charge in [-0.1, -0.05) is 31.4 Å². The van der Waals surface area contributed by atoms with Crippen molar-refractivity contribution in [2.75, 3.05) is 32.1 Å². The van der Waals surface area contributed by atoms with E-state index in [1.165, 1.54) is 25.6 Å². The summed E-state index contributed by atoms with van der Waals surface area (Å²) in [7, 11) is 0. The Balaban J connectivity index is 2.46. The molecule has 1 N–H and O–H groups in total. The second-order valence-electron chi connectivity index (χ2n) is 7.20. The normalized spacial score (nSPS) is 11.0. The summed E-state index contributed by atoms with van der Waals surface area (Å²) < 4.78 is 20.4. The number of carbonyl (C=O) groups excluding carboxylic acids is 4. The second kappa shape index (κ2) is 16.4. The molecule has 1 rings (SSSR count). The molecule has 0 saturated heterocycles. The van der Waals surface area contributed by atoms with E-state index in [-0.39, 0.29) is 43.9 Å². The van der Waals surface area contributed by atoms with Crippen LogP contribution in [0, 0.1) is 0 Å². The first-order valence-corrected chi connectivity index (χ1v) is 11.6. The molecule has 0 saturated carbocycles. The third-order valence-electron chi connectivity index (χ3n) is 3.94. The van der Waals surface area contributed by atoms with Gasteiger partial charge in [0.1, 0.15) is 19.3 Å². The molecule has 0 aliphatic carbocycles. The molecule has 34 heavy (non-hydrogen) atoms. The Labute approximate surface area is 203 Å². The van der Waals surface area contributed by atoms with Crippen molar-refractivity contribution in [1.29, 1.82) is 0 Å². The number of amides is 1. The molecule has 0 aliphatic heterocycles. The molecule has 0 aliphatic rings. The summed E-state index contributed by atoms with van der Waals surface area (Å²) >= 11 is 1.44. The summed E-state index contributed by atoms with van der Waals surface area (Å²) in [6.45, 7) is 9.97. The molecule has 0 spiro atoms. The Bertz CT molecular complexity index is 856. The highest BCUT2D eigenvalue weighted by Crippen LogP contribution is 2.19. The fourth-order valence-corrected chi connectivity index (χ4v) is 3.09. The van der Waals surface area contributed by atoms with Gasteiger partial charge in [0.15, 0.2) is 0 Å². The van der Waals surface area contributed by atoms with Gasteiger partial charge in [0.25, 0.3) is 0 Å². The number of benzene rings is 1. The summed E-state index contributed by atoms with van der Waals surface area (Å²) in [6, 6.07) is 9.49. The number of nitrogens with one attached hydrogen (secondary N) is 1. The second-order valence-corrected chi connectivity index (χ2v) is 8.29. The molecule has 1 amide bonds. The molecule has 0 bridgehead atoms. The third-order valence-corrected chi connectivity index (χ3v) is 5.09. The number of thioether (sulfide) groups is 1. The summed E-state index contributed by atoms with van der Waals surface area (Å²) in [6.07, 6.45) is -1.10. The van der Waals surface area contributed by atoms with E-state index in [1.54, 1.807) is 0 Å². The largest absolute Gasteiger partial charge is 0.462 e. The SMILES string of the molecule is C=C(C)C(=O)OCCCC(=O)OCC(CSc1ccccc1)OC(=O)NCCOC(=O)C(=C)C. The lowest BCUT2D eigenvalue weighted by molar-refractivity contribution is -0.148. The molecule has 186 valence electrons. The Hall–Kier alpha value is -3.27. The number of hydrogen-bond acceptors (Lipinski definition) is 9. The van der Waals surface area contributed by atoms with Gasteiger partial charge >= 0.3 is 24.0 Å². The maximum atomic E-state index is 12.1. The average Bonchev–Trinajstić information content (AvgIpc) is 2.81. The molecule has 1 aromatic rings. The van der Waals surface area contributed by atoms with Crippen LogP contribution in [-0.2, 0) is 33.3 Å². The number of hydrogen-bond donors (Lipinski definition) is 1. The fourth-order valence-electron chi connectivity index (χ4n) is 2.20. The molecule has 0 aromatic heterocycles. The van der Waals surface area contributed by atoms with Crippen LogP contribution in [0.25, 0.3) is 0 Å². The number of carbonyl (C=O) groups is 4. The molecule has 0 radical (unpaired) electrons. The Morgan fingerprint density at radius 2 is 1.56 bits per heavy atom. The van der Waals surface area contributed by atoms with Crippen LogP contribution in [0.15, 0.2) is 59.5 Å². The van der Waals surface area contributed by atoms with E-state index in [4.69, 9.17) is 18.9 Å². The standard InChI is InChI=1S/C24H31NO8S/c1-17(2)22(27)30-13-8-11-21(26)32-15-19(16-34-20-9-6-5-7-10-20)33-24(29)25-12-14-31-23(28)18(3)4/h5-7,9-10,19H,1,3,8,11-16H2,2,4H3,(H,25,29). The van der Waals surface area contributed by atoms with E-state index in [9.17, 15) is 19.2 Å². The van der Waals surface area contributed by atoms with Gasteiger partial charge in [-0.05, 0) is 32.4 Å². The van der Waals surface area contributed by atoms with Crippen LogP contribution >= 0.6 is 11.8 Å². The molecule has 1 aromatic carbocycles. The van der Waals surface area contributed by atoms with Gasteiger partial charge in [0.05, 0.1) is 13.2 Å². The Kier molecular flexibility index (Phi) is 13.8. The van der Waals surface area contributed by atoms with Crippen LogP contribution in [0.2, 0.25) is 0 Å². The monoisotopic (exact) mass is 493 g/mol. The zero-order valence-electron chi connectivity index (χ0n) is 19.5. The maximum absolute atomic E-state index is 12.1. The highest BCUT2D eigenvalue weighted by Gasteiger charge is 2.18. The van der Waals surface area contributed by atoms with Crippen molar-refractivity contribution < 1.29 is 38.1 Å². The van der Waals surface area contributed by atoms with Crippen molar-refractivity contribution in [2.24, 2.45) is 0 Å². The predicted octanol–water partition coefficient (Wildman–Crippen LogP) is 3.44. The van der Waals surface area contributed by atoms with Crippen LogP contribution in [0.1, 0.15) is 26.7 Å². The van der Waals surface area contributed by atoms with Gasteiger partial charge in [-0.15, -0.1) is 11.8 Å². The van der Waals surface area contributed by atoms with Gasteiger partial charge < -0.3 is 24.3 Å². The Morgan fingerprint density at radius 3 is 2.18 bits per heavy atom. The van der Waals surface area contributed by atoms with E-state index in [0.717, 1.165) is 4.90 Å². The number of rotatable bonds is 15. The van der Waals surface area contributed by atoms with Crippen LogP contribution < -0.4 is 5.32 Å². The molecular formula is C24H31NO8S. The number of alkyl carbamates (subject to hydrolysis) is 1. The van der Waals surface area contributed by atoms with Crippen LogP contribution in [0.5, 0.6) is 0 Å². The quantitative estimate of drug-likeness (QED) is 0.129. The smallest absolute Gasteiger partial charge is 0.407 e. The first-order valence-electron chi connectivity index (χ1n) is 10.6. The van der Waals surface area contributed by atoms with Crippen molar-refractivity contribution in [2.45, 2.75) is 37.7 Å². The highest BCUT2D eigenvalue weighted by atomic mass is 32.2. The van der Waals surface area contributed by atoms with E-state index in [2.05, 4.69) is 18.5 Å². The van der Waals surface area contributed by atoms with E-state index in [1.807, 2.05) is 30.3 Å². The van der Waals surface area contributed by atoms with Gasteiger partial charge in [-0.2, -0.15) is 0 Å². The summed E-state index contributed by atoms with van der Waals surface area (Å²) in [5, 5.41) is 2.48. The summed E-state index contributed by atoms with van der Waals surface area (Å²) in [4.78, 5) is 47.8. The zero-order valence-corrected chi connectivity index (χ0v) is 20.3. The van der Waals surface area contributed by atoms with Crippen LogP contribution in [0.4, 0.5) is 4.79 Å². The maximum Gasteiger partial charge on any atom is 0.407 e. The van der Waals surface area contributed by atoms with Crippen molar-refractivity contribution in [3.05, 3.63) is 54.6 Å². The highest BCUT2D eigenvalue weighted by molar-refractivity contribution is 7.99. The van der Waals surface area contributed by atoms with Gasteiger partial charge in [0, 0.05) is 28.2 Å². The van der Waals surface area contributed by atoms with Gasteiger partial charge in [-0.3, -0.25) is 4.79 Å². The third kappa shape index (κ3) is 13.3. The fraction of sp³-hybridized carbons (Fsp3) is 0.417. The van der Waals surface area contributed by atoms with E-state index >= 15 is 0 Å². The Morgan fingerprint density at radius 1 is 0.941 bits per heavy atom. The molecule has 0 heterocycles. The lowest BCUT2D eigenvalue weighted by Gasteiger charge is -2.18. The minimum atomic E-state index is -0.729. The molecule has 10 heteroatoms. The summed E-state index contributed by atoms with van der Waals surface area (Å²) in [5.74, 6) is -1.21. The summed E-state index contributed by atoms with van der Waals surface area (Å²) in [5.41, 5.74) is 0.544. The van der Waals surface area contributed by atoms with Gasteiger partial charge in [0.2, 0.25) is 0 Å². The van der Waals surface area contributed by atoms with Crippen LogP contribution in [-0.4, -0.2) is 62.2 Å². The lowest BCUT2D eigenvalue weighted by Crippen LogP contribution is -2.35. The van der Waals surface area contributed by atoms with E-state index in [0.29, 0.717) is 12.2 Å². The van der Waals surface area contributed by atoms with Crippen molar-refractivity contribution in [3.8, 4) is 0 Å². The minimum Gasteiger partial charge on any atom is -0.462 e. The molecule has 1 unspecified atom stereocenters. The molecular weight excluding hydrogens is 462 g/mol. The molecule has 0 fully saturated rings. The first kappa shape index (κ1) is 28.8. The van der Waals surface area contributed by atoms with E-state index < -0.39 is 30.1 Å². The van der Waals surface area contributed by atoms with Crippen molar-refractivity contribution >= 4 is 35.8 Å². The molecule has 9 nitrogen and oxygen atoms in total. The average molecular weight is 494 g/mol. The lowest BCUT2D eigenvalue weighted by atomic mass is 10.3. The van der Waals surface area contributed by atoms with Crippen molar-refractivity contribution in [3.63, 3.8) is 0 Å². The number of ether oxygens (including phenoxy) is 4. The zero-order chi connectivity index (χ0) is 25.3. The van der Waals surface area contributed by atoms with Crippen molar-refractivity contribution in [1.82, 2.24) is 5.32 Å². The molecule has 1 atom stereocenters. The minimum absolute atomic E-state index is 0.0326. The first-order chi connectivity index (χ1) is 16.2. The topological polar surface area (TPSA) is 117 Å².